The van der Waals surface area contributed by atoms with Crippen LogP contribution in [0.4, 0.5) is 0 Å². The molecular formula is C12H20N2O. The van der Waals surface area contributed by atoms with Gasteiger partial charge in [0.1, 0.15) is 0 Å². The minimum Gasteiger partial charge on any atom is -0.355 e. The summed E-state index contributed by atoms with van der Waals surface area (Å²) in [6.45, 7) is 2.89. The Kier molecular flexibility index (Phi) is 5.20. The smallest absolute Gasteiger partial charge is 0.237 e. The fraction of sp³-hybridized carbons (Fsp3) is 0.750. The highest BCUT2D eigenvalue weighted by atomic mass is 16.2. The summed E-state index contributed by atoms with van der Waals surface area (Å²) < 4.78 is 0. The first-order valence-electron chi connectivity index (χ1n) is 5.77. The molecular weight excluding hydrogens is 188 g/mol. The first kappa shape index (κ1) is 12.1. The summed E-state index contributed by atoms with van der Waals surface area (Å²) in [6, 6.07) is -0.0658. The molecule has 0 spiro atoms. The number of terminal acetylenes is 1. The van der Waals surface area contributed by atoms with Crippen molar-refractivity contribution < 1.29 is 4.79 Å². The predicted octanol–water partition coefficient (Wildman–Crippen LogP) is 1.05. The van der Waals surface area contributed by atoms with E-state index in [2.05, 4.69) is 23.5 Å². The molecule has 1 rings (SSSR count). The molecule has 2 N–H and O–H groups in total. The van der Waals surface area contributed by atoms with Gasteiger partial charge in [0.05, 0.1) is 12.1 Å². The number of rotatable bonds is 4. The third-order valence-corrected chi connectivity index (χ3v) is 2.72. The van der Waals surface area contributed by atoms with Crippen LogP contribution in [0, 0.1) is 12.3 Å². The van der Waals surface area contributed by atoms with Gasteiger partial charge in [-0.05, 0) is 25.7 Å². The molecule has 1 aliphatic heterocycles. The molecule has 0 aromatic rings. The van der Waals surface area contributed by atoms with E-state index in [-0.39, 0.29) is 18.0 Å². The van der Waals surface area contributed by atoms with Crippen LogP contribution >= 0.6 is 0 Å². The number of carbonyl (C=O) groups excluding carboxylic acids is 1. The average molecular weight is 208 g/mol. The number of hydrogen-bond donors (Lipinski definition) is 2. The molecule has 1 amide bonds. The summed E-state index contributed by atoms with van der Waals surface area (Å²) in [6.07, 6.45) is 10.4. The van der Waals surface area contributed by atoms with E-state index < -0.39 is 0 Å². The molecule has 0 radical (unpaired) electrons. The maximum absolute atomic E-state index is 11.6. The summed E-state index contributed by atoms with van der Waals surface area (Å²) in [7, 11) is 0. The molecule has 0 aliphatic carbocycles. The lowest BCUT2D eigenvalue weighted by Crippen LogP contribution is -2.46. The van der Waals surface area contributed by atoms with Gasteiger partial charge in [0.2, 0.25) is 5.91 Å². The van der Waals surface area contributed by atoms with E-state index in [1.54, 1.807) is 0 Å². The van der Waals surface area contributed by atoms with E-state index in [9.17, 15) is 4.79 Å². The molecule has 0 aromatic carbocycles. The summed E-state index contributed by atoms with van der Waals surface area (Å²) in [4.78, 5) is 11.6. The zero-order chi connectivity index (χ0) is 11.1. The van der Waals surface area contributed by atoms with Crippen molar-refractivity contribution >= 4 is 5.91 Å². The summed E-state index contributed by atoms with van der Waals surface area (Å²) in [5.74, 6) is 2.80. The molecule has 3 nitrogen and oxygen atoms in total. The first-order chi connectivity index (χ1) is 7.27. The van der Waals surface area contributed by atoms with Crippen LogP contribution in [-0.2, 0) is 4.79 Å². The Morgan fingerprint density at radius 3 is 3.13 bits per heavy atom. The van der Waals surface area contributed by atoms with Gasteiger partial charge in [-0.15, -0.1) is 6.42 Å². The Balaban J connectivity index is 2.46. The Morgan fingerprint density at radius 1 is 1.67 bits per heavy atom. The normalized spacial score (nSPS) is 23.7. The molecule has 0 bridgehead atoms. The highest BCUT2D eigenvalue weighted by Gasteiger charge is 2.22. The Bertz CT molecular complexity index is 244. The van der Waals surface area contributed by atoms with E-state index in [4.69, 9.17) is 6.42 Å². The lowest BCUT2D eigenvalue weighted by Gasteiger charge is -2.19. The fourth-order valence-corrected chi connectivity index (χ4v) is 1.84. The average Bonchev–Trinajstić information content (AvgIpc) is 2.43. The van der Waals surface area contributed by atoms with Crippen molar-refractivity contribution in [3.8, 4) is 12.3 Å². The topological polar surface area (TPSA) is 41.1 Å². The number of hydrogen-bond acceptors (Lipinski definition) is 2. The van der Waals surface area contributed by atoms with Gasteiger partial charge < -0.3 is 5.32 Å². The molecule has 1 fully saturated rings. The molecule has 1 saturated heterocycles. The number of nitrogens with one attached hydrogen (secondary N) is 2. The predicted molar refractivity (Wildman–Crippen MR) is 61.3 cm³/mol. The monoisotopic (exact) mass is 208 g/mol. The van der Waals surface area contributed by atoms with Gasteiger partial charge in [-0.2, -0.15) is 0 Å². The standard InChI is InChI=1S/C12H20N2O/c1-3-7-10(4-2)14-11-8-5-6-9-13-12(11)15/h2,10-11,14H,3,5-9H2,1H3,(H,13,15). The molecule has 84 valence electrons. The second-order valence-corrected chi connectivity index (χ2v) is 4.01. The molecule has 3 heteroatoms. The van der Waals surface area contributed by atoms with Gasteiger partial charge in [-0.3, -0.25) is 10.1 Å². The van der Waals surface area contributed by atoms with Crippen LogP contribution in [0.1, 0.15) is 39.0 Å². The minimum atomic E-state index is -0.0971. The van der Waals surface area contributed by atoms with Crippen molar-refractivity contribution in [2.75, 3.05) is 6.54 Å². The van der Waals surface area contributed by atoms with Gasteiger partial charge in [0.25, 0.3) is 0 Å². The van der Waals surface area contributed by atoms with Gasteiger partial charge in [-0.25, -0.2) is 0 Å². The Morgan fingerprint density at radius 2 is 2.47 bits per heavy atom. The van der Waals surface area contributed by atoms with Crippen LogP contribution in [0.3, 0.4) is 0 Å². The second kappa shape index (κ2) is 6.47. The third kappa shape index (κ3) is 3.93. The van der Waals surface area contributed by atoms with Crippen LogP contribution in [-0.4, -0.2) is 24.5 Å². The minimum absolute atomic E-state index is 0.0313. The largest absolute Gasteiger partial charge is 0.355 e. The molecule has 0 aromatic heterocycles. The molecule has 2 atom stereocenters. The fourth-order valence-electron chi connectivity index (χ4n) is 1.84. The maximum Gasteiger partial charge on any atom is 0.237 e. The summed E-state index contributed by atoms with van der Waals surface area (Å²) in [5.41, 5.74) is 0. The van der Waals surface area contributed by atoms with E-state index in [1.807, 2.05) is 0 Å². The molecule has 1 aliphatic rings. The first-order valence-corrected chi connectivity index (χ1v) is 5.77. The second-order valence-electron chi connectivity index (χ2n) is 4.01. The zero-order valence-electron chi connectivity index (χ0n) is 9.38. The van der Waals surface area contributed by atoms with Crippen LogP contribution < -0.4 is 10.6 Å². The molecule has 1 heterocycles. The lowest BCUT2D eigenvalue weighted by atomic mass is 10.1. The third-order valence-electron chi connectivity index (χ3n) is 2.72. The lowest BCUT2D eigenvalue weighted by molar-refractivity contribution is -0.122. The van der Waals surface area contributed by atoms with Gasteiger partial charge in [0.15, 0.2) is 0 Å². The highest BCUT2D eigenvalue weighted by Crippen LogP contribution is 2.07. The number of amides is 1. The van der Waals surface area contributed by atoms with E-state index in [0.29, 0.717) is 0 Å². The Labute approximate surface area is 92.0 Å². The van der Waals surface area contributed by atoms with Crippen LogP contribution in [0.25, 0.3) is 0 Å². The van der Waals surface area contributed by atoms with Crippen molar-refractivity contribution in [1.29, 1.82) is 0 Å². The van der Waals surface area contributed by atoms with Crippen molar-refractivity contribution in [2.24, 2.45) is 0 Å². The van der Waals surface area contributed by atoms with Crippen LogP contribution in [0.15, 0.2) is 0 Å². The SMILES string of the molecule is C#CC(CCC)NC1CCCCNC1=O. The summed E-state index contributed by atoms with van der Waals surface area (Å²) >= 11 is 0. The highest BCUT2D eigenvalue weighted by molar-refractivity contribution is 5.82. The van der Waals surface area contributed by atoms with Crippen molar-refractivity contribution in [1.82, 2.24) is 10.6 Å². The van der Waals surface area contributed by atoms with Gasteiger partial charge >= 0.3 is 0 Å². The quantitative estimate of drug-likeness (QED) is 0.678. The van der Waals surface area contributed by atoms with Gasteiger partial charge in [0, 0.05) is 6.54 Å². The molecule has 0 saturated carbocycles. The van der Waals surface area contributed by atoms with Gasteiger partial charge in [-0.1, -0.05) is 19.3 Å². The molecule has 2 unspecified atom stereocenters. The van der Waals surface area contributed by atoms with Crippen LogP contribution in [0.2, 0.25) is 0 Å². The van der Waals surface area contributed by atoms with Crippen molar-refractivity contribution in [3.05, 3.63) is 0 Å². The van der Waals surface area contributed by atoms with Crippen molar-refractivity contribution in [3.63, 3.8) is 0 Å². The van der Waals surface area contributed by atoms with Crippen LogP contribution in [0.5, 0.6) is 0 Å². The zero-order valence-corrected chi connectivity index (χ0v) is 9.38. The van der Waals surface area contributed by atoms with E-state index >= 15 is 0 Å². The maximum atomic E-state index is 11.6. The number of carbonyl (C=O) groups is 1. The summed E-state index contributed by atoms with van der Waals surface area (Å²) in [5, 5.41) is 6.14. The van der Waals surface area contributed by atoms with E-state index in [0.717, 1.165) is 38.6 Å². The molecule has 15 heavy (non-hydrogen) atoms. The van der Waals surface area contributed by atoms with E-state index in [1.165, 1.54) is 0 Å². The van der Waals surface area contributed by atoms with Crippen molar-refractivity contribution in [2.45, 2.75) is 51.1 Å². The Hall–Kier alpha value is -1.01.